The van der Waals surface area contributed by atoms with E-state index in [-0.39, 0.29) is 12.1 Å². The van der Waals surface area contributed by atoms with Crippen LogP contribution in [0.5, 0.6) is 0 Å². The van der Waals surface area contributed by atoms with Gasteiger partial charge in [0.25, 0.3) is 0 Å². The van der Waals surface area contributed by atoms with Crippen LogP contribution in [0.25, 0.3) is 0 Å². The zero-order valence-corrected chi connectivity index (χ0v) is 12.1. The summed E-state index contributed by atoms with van der Waals surface area (Å²) in [5.74, 6) is 0.133. The molecule has 20 heavy (non-hydrogen) atoms. The predicted molar refractivity (Wildman–Crippen MR) is 75.1 cm³/mol. The first-order valence-electron chi connectivity index (χ1n) is 7.12. The zero-order chi connectivity index (χ0) is 13.9. The van der Waals surface area contributed by atoms with Crippen molar-refractivity contribution in [2.45, 2.75) is 25.7 Å². The molecule has 3 rings (SSSR count). The number of piperidine rings is 1. The molecule has 2 heterocycles. The highest BCUT2D eigenvalue weighted by Crippen LogP contribution is 2.27. The summed E-state index contributed by atoms with van der Waals surface area (Å²) in [6.07, 6.45) is 2.21. The Morgan fingerprint density at radius 3 is 2.85 bits per heavy atom. The Morgan fingerprint density at radius 1 is 1.30 bits per heavy atom. The van der Waals surface area contributed by atoms with Crippen LogP contribution in [0.2, 0.25) is 5.02 Å². The van der Waals surface area contributed by atoms with Crippen LogP contribution < -0.4 is 0 Å². The smallest absolute Gasteiger partial charge is 0.161 e. The summed E-state index contributed by atoms with van der Waals surface area (Å²) in [6, 6.07) is 4.61. The standard InChI is InChI=1S/C15H19ClFNO2/c16-14-8-13(17)4-3-11(14)9-18-5-1-2-12(10-18)15-19-6-7-20-15/h3-4,8,12,15H,1-2,5-7,9-10H2/t12-/m0/s1. The fourth-order valence-electron chi connectivity index (χ4n) is 3.00. The second kappa shape index (κ2) is 6.39. The Balaban J connectivity index is 1.62. The fraction of sp³-hybridized carbons (Fsp3) is 0.600. The molecule has 2 saturated heterocycles. The van der Waals surface area contributed by atoms with Crippen LogP contribution in [0, 0.1) is 11.7 Å². The van der Waals surface area contributed by atoms with E-state index in [1.54, 1.807) is 6.07 Å². The minimum absolute atomic E-state index is 0.0542. The maximum absolute atomic E-state index is 13.1. The van der Waals surface area contributed by atoms with E-state index < -0.39 is 0 Å². The molecule has 1 aromatic carbocycles. The van der Waals surface area contributed by atoms with E-state index in [0.29, 0.717) is 24.2 Å². The van der Waals surface area contributed by atoms with Gasteiger partial charge in [0, 0.05) is 24.0 Å². The van der Waals surface area contributed by atoms with Crippen molar-refractivity contribution < 1.29 is 13.9 Å². The van der Waals surface area contributed by atoms with Crippen molar-refractivity contribution in [3.63, 3.8) is 0 Å². The van der Waals surface area contributed by atoms with E-state index in [4.69, 9.17) is 21.1 Å². The third-order valence-corrected chi connectivity index (χ3v) is 4.34. The maximum Gasteiger partial charge on any atom is 0.161 e. The number of hydrogen-bond donors (Lipinski definition) is 0. The number of ether oxygens (including phenoxy) is 2. The van der Waals surface area contributed by atoms with Gasteiger partial charge < -0.3 is 9.47 Å². The summed E-state index contributed by atoms with van der Waals surface area (Å²) in [7, 11) is 0. The van der Waals surface area contributed by atoms with Crippen LogP contribution in [-0.4, -0.2) is 37.5 Å². The lowest BCUT2D eigenvalue weighted by Crippen LogP contribution is -2.40. The quantitative estimate of drug-likeness (QED) is 0.856. The highest BCUT2D eigenvalue weighted by atomic mass is 35.5. The van der Waals surface area contributed by atoms with Gasteiger partial charge in [0.05, 0.1) is 13.2 Å². The first-order chi connectivity index (χ1) is 9.72. The van der Waals surface area contributed by atoms with Crippen LogP contribution in [0.4, 0.5) is 4.39 Å². The number of rotatable bonds is 3. The van der Waals surface area contributed by atoms with Gasteiger partial charge in [-0.3, -0.25) is 4.90 Å². The van der Waals surface area contributed by atoms with Gasteiger partial charge in [-0.25, -0.2) is 4.39 Å². The van der Waals surface area contributed by atoms with Gasteiger partial charge in [0.1, 0.15) is 5.82 Å². The third-order valence-electron chi connectivity index (χ3n) is 3.98. The Hall–Kier alpha value is -0.680. The SMILES string of the molecule is Fc1ccc(CN2CCC[C@H](C3OCCO3)C2)c(Cl)c1. The molecule has 5 heteroatoms. The molecule has 1 atom stereocenters. The lowest BCUT2D eigenvalue weighted by atomic mass is 9.97. The first kappa shape index (κ1) is 14.3. The molecule has 0 bridgehead atoms. The molecule has 0 amide bonds. The summed E-state index contributed by atoms with van der Waals surface area (Å²) in [5, 5.41) is 0.500. The van der Waals surface area contributed by atoms with Crippen LogP contribution >= 0.6 is 11.6 Å². The van der Waals surface area contributed by atoms with Gasteiger partial charge in [-0.1, -0.05) is 17.7 Å². The predicted octanol–water partition coefficient (Wildman–Crippen LogP) is 3.06. The molecule has 0 unspecified atom stereocenters. The van der Waals surface area contributed by atoms with Gasteiger partial charge in [-0.2, -0.15) is 0 Å². The van der Waals surface area contributed by atoms with Crippen molar-refractivity contribution in [2.75, 3.05) is 26.3 Å². The van der Waals surface area contributed by atoms with Gasteiger partial charge in [0.2, 0.25) is 0 Å². The van der Waals surface area contributed by atoms with Gasteiger partial charge in [-0.15, -0.1) is 0 Å². The van der Waals surface area contributed by atoms with E-state index >= 15 is 0 Å². The van der Waals surface area contributed by atoms with E-state index in [2.05, 4.69) is 4.90 Å². The molecule has 0 saturated carbocycles. The van der Waals surface area contributed by atoms with Crippen molar-refractivity contribution in [2.24, 2.45) is 5.92 Å². The minimum Gasteiger partial charge on any atom is -0.350 e. The third kappa shape index (κ3) is 3.31. The average molecular weight is 300 g/mol. The highest BCUT2D eigenvalue weighted by Gasteiger charge is 2.31. The molecule has 2 aliphatic rings. The van der Waals surface area contributed by atoms with Crippen molar-refractivity contribution >= 4 is 11.6 Å². The summed E-state index contributed by atoms with van der Waals surface area (Å²) < 4.78 is 24.3. The molecule has 2 fully saturated rings. The van der Waals surface area contributed by atoms with Crippen LogP contribution in [0.1, 0.15) is 18.4 Å². The molecule has 0 spiro atoms. The summed E-state index contributed by atoms with van der Waals surface area (Å²) >= 11 is 6.10. The van der Waals surface area contributed by atoms with Crippen LogP contribution in [-0.2, 0) is 16.0 Å². The van der Waals surface area contributed by atoms with Crippen molar-refractivity contribution in [3.05, 3.63) is 34.6 Å². The molecule has 0 radical (unpaired) electrons. The Kier molecular flexibility index (Phi) is 4.56. The van der Waals surface area contributed by atoms with E-state index in [0.717, 1.165) is 38.0 Å². The second-order valence-electron chi connectivity index (χ2n) is 5.48. The highest BCUT2D eigenvalue weighted by molar-refractivity contribution is 6.31. The summed E-state index contributed by atoms with van der Waals surface area (Å²) in [6.45, 7) is 4.13. The van der Waals surface area contributed by atoms with Crippen molar-refractivity contribution in [1.29, 1.82) is 0 Å². The molecular formula is C15H19ClFNO2. The van der Waals surface area contributed by atoms with Gasteiger partial charge in [-0.05, 0) is 37.1 Å². The van der Waals surface area contributed by atoms with Crippen molar-refractivity contribution in [1.82, 2.24) is 4.90 Å². The van der Waals surface area contributed by atoms with Gasteiger partial charge in [0.15, 0.2) is 6.29 Å². The van der Waals surface area contributed by atoms with Crippen LogP contribution in [0.3, 0.4) is 0 Å². The number of nitrogens with zero attached hydrogens (tertiary/aromatic N) is 1. The van der Waals surface area contributed by atoms with Gasteiger partial charge >= 0.3 is 0 Å². The van der Waals surface area contributed by atoms with E-state index in [9.17, 15) is 4.39 Å². The lowest BCUT2D eigenvalue weighted by Gasteiger charge is -2.34. The minimum atomic E-state index is -0.289. The number of halogens is 2. The van der Waals surface area contributed by atoms with Crippen LogP contribution in [0.15, 0.2) is 18.2 Å². The molecule has 0 aromatic heterocycles. The maximum atomic E-state index is 13.1. The monoisotopic (exact) mass is 299 g/mol. The topological polar surface area (TPSA) is 21.7 Å². The Labute approximate surface area is 123 Å². The molecule has 0 aliphatic carbocycles. The lowest BCUT2D eigenvalue weighted by molar-refractivity contribution is -0.101. The number of likely N-dealkylation sites (tertiary alicyclic amines) is 1. The Bertz CT molecular complexity index is 465. The zero-order valence-electron chi connectivity index (χ0n) is 11.4. The molecule has 110 valence electrons. The normalized spacial score (nSPS) is 25.2. The summed E-state index contributed by atoms with van der Waals surface area (Å²) in [5.41, 5.74) is 0.974. The van der Waals surface area contributed by atoms with Crippen molar-refractivity contribution in [3.8, 4) is 0 Å². The molecular weight excluding hydrogens is 281 g/mol. The summed E-state index contributed by atoms with van der Waals surface area (Å²) in [4.78, 5) is 2.35. The number of benzene rings is 1. The van der Waals surface area contributed by atoms with E-state index in [1.165, 1.54) is 12.1 Å². The number of hydrogen-bond acceptors (Lipinski definition) is 3. The largest absolute Gasteiger partial charge is 0.350 e. The Morgan fingerprint density at radius 2 is 2.10 bits per heavy atom. The molecule has 3 nitrogen and oxygen atoms in total. The molecule has 2 aliphatic heterocycles. The van der Waals surface area contributed by atoms with E-state index in [1.807, 2.05) is 0 Å². The second-order valence-corrected chi connectivity index (χ2v) is 5.89. The molecule has 1 aromatic rings. The first-order valence-corrected chi connectivity index (χ1v) is 7.49. The molecule has 0 N–H and O–H groups in total. The fourth-order valence-corrected chi connectivity index (χ4v) is 3.22. The average Bonchev–Trinajstić information content (AvgIpc) is 2.96.